The maximum Gasteiger partial charge on any atom is 0.342 e. The van der Waals surface area contributed by atoms with Gasteiger partial charge in [0.2, 0.25) is 0 Å². The van der Waals surface area contributed by atoms with E-state index in [0.29, 0.717) is 29.0 Å². The second-order valence-electron chi connectivity index (χ2n) is 7.74. The van der Waals surface area contributed by atoms with Crippen LogP contribution in [0.25, 0.3) is 5.65 Å². The Balaban J connectivity index is 1.37. The lowest BCUT2D eigenvalue weighted by Crippen LogP contribution is -2.31. The maximum absolute atomic E-state index is 13.7. The third-order valence-electron chi connectivity index (χ3n) is 5.40. The zero-order valence-corrected chi connectivity index (χ0v) is 18.0. The van der Waals surface area contributed by atoms with E-state index < -0.39 is 23.7 Å². The molecule has 2 amide bonds. The van der Waals surface area contributed by atoms with Crippen LogP contribution in [0.3, 0.4) is 0 Å². The van der Waals surface area contributed by atoms with Crippen molar-refractivity contribution in [1.82, 2.24) is 19.6 Å². The molecular formula is C25H18F2N6O. The lowest BCUT2D eigenvalue weighted by Gasteiger charge is -2.22. The SMILES string of the molecule is Cc1ccc(NC(=O)N2N=CC[C@H]2c2cc(F)cc(F)c2)cc1C#Cc1cnc2cccnn12. The summed E-state index contributed by atoms with van der Waals surface area (Å²) in [5, 5.41) is 12.3. The molecule has 4 aromatic rings. The number of rotatable bonds is 2. The number of nitrogens with zero attached hydrogens (tertiary/aromatic N) is 5. The molecular weight excluding hydrogens is 438 g/mol. The van der Waals surface area contributed by atoms with Gasteiger partial charge in [0.1, 0.15) is 17.3 Å². The molecule has 5 rings (SSSR count). The van der Waals surface area contributed by atoms with Gasteiger partial charge in [0, 0.05) is 36.1 Å². The molecule has 1 atom stereocenters. The highest BCUT2D eigenvalue weighted by Gasteiger charge is 2.29. The first-order chi connectivity index (χ1) is 16.5. The van der Waals surface area contributed by atoms with Crippen LogP contribution in [0, 0.1) is 30.4 Å². The van der Waals surface area contributed by atoms with Gasteiger partial charge in [0.05, 0.1) is 12.2 Å². The normalized spacial score (nSPS) is 14.8. The molecule has 0 fully saturated rings. The molecule has 1 N–H and O–H groups in total. The van der Waals surface area contributed by atoms with Crippen molar-refractivity contribution in [1.29, 1.82) is 0 Å². The molecule has 168 valence electrons. The number of imidazole rings is 1. The van der Waals surface area contributed by atoms with E-state index in [9.17, 15) is 13.6 Å². The fraction of sp³-hybridized carbons (Fsp3) is 0.120. The Morgan fingerprint density at radius 2 is 1.94 bits per heavy atom. The summed E-state index contributed by atoms with van der Waals surface area (Å²) < 4.78 is 29.0. The number of hydrogen-bond acceptors (Lipinski definition) is 4. The molecule has 1 aliphatic rings. The molecule has 34 heavy (non-hydrogen) atoms. The monoisotopic (exact) mass is 456 g/mol. The standard InChI is InChI=1S/C25H18F2N6O/c1-16-4-6-21(13-17(16)5-7-22-15-28-24-3-2-9-29-32(22)24)31-25(34)33-23(8-10-30-33)18-11-19(26)14-20(27)12-18/h2-4,6,9-15,23H,8H2,1H3,(H,31,34)/t23-/m0/s1. The third-order valence-corrected chi connectivity index (χ3v) is 5.40. The first-order valence-corrected chi connectivity index (χ1v) is 10.5. The van der Waals surface area contributed by atoms with E-state index in [-0.39, 0.29) is 0 Å². The molecule has 0 unspecified atom stereocenters. The summed E-state index contributed by atoms with van der Waals surface area (Å²) in [5.41, 5.74) is 3.84. The van der Waals surface area contributed by atoms with Crippen molar-refractivity contribution in [3.63, 3.8) is 0 Å². The van der Waals surface area contributed by atoms with Crippen LogP contribution in [0.15, 0.2) is 66.0 Å². The van der Waals surface area contributed by atoms with E-state index in [1.165, 1.54) is 17.1 Å². The number of hydrogen-bond donors (Lipinski definition) is 1. The van der Waals surface area contributed by atoms with Crippen molar-refractivity contribution in [2.24, 2.45) is 5.10 Å². The van der Waals surface area contributed by atoms with Gasteiger partial charge in [-0.2, -0.15) is 10.2 Å². The van der Waals surface area contributed by atoms with Crippen LogP contribution in [0.2, 0.25) is 0 Å². The zero-order chi connectivity index (χ0) is 23.7. The van der Waals surface area contributed by atoms with Crippen LogP contribution < -0.4 is 5.32 Å². The molecule has 0 spiro atoms. The number of carbonyl (C=O) groups is 1. The molecule has 2 aromatic heterocycles. The fourth-order valence-corrected chi connectivity index (χ4v) is 3.72. The van der Waals surface area contributed by atoms with Crippen molar-refractivity contribution in [3.8, 4) is 11.8 Å². The van der Waals surface area contributed by atoms with Crippen LogP contribution in [0.1, 0.15) is 34.8 Å². The Labute approximate surface area is 193 Å². The van der Waals surface area contributed by atoms with Crippen molar-refractivity contribution in [3.05, 3.63) is 94.9 Å². The Hall–Kier alpha value is -4.58. The highest BCUT2D eigenvalue weighted by atomic mass is 19.1. The Morgan fingerprint density at radius 1 is 1.12 bits per heavy atom. The van der Waals surface area contributed by atoms with E-state index in [4.69, 9.17) is 0 Å². The molecule has 1 aliphatic heterocycles. The zero-order valence-electron chi connectivity index (χ0n) is 18.0. The summed E-state index contributed by atoms with van der Waals surface area (Å²) in [7, 11) is 0. The third kappa shape index (κ3) is 4.21. The fourth-order valence-electron chi connectivity index (χ4n) is 3.72. The topological polar surface area (TPSA) is 74.9 Å². The predicted octanol–water partition coefficient (Wildman–Crippen LogP) is 4.68. The Morgan fingerprint density at radius 3 is 2.76 bits per heavy atom. The molecule has 2 aromatic carbocycles. The highest BCUT2D eigenvalue weighted by molar-refractivity contribution is 5.91. The number of nitrogens with one attached hydrogen (secondary N) is 1. The minimum Gasteiger partial charge on any atom is -0.306 e. The lowest BCUT2D eigenvalue weighted by atomic mass is 10.0. The summed E-state index contributed by atoms with van der Waals surface area (Å²) in [6.07, 6.45) is 5.21. The molecule has 9 heteroatoms. The number of aromatic nitrogens is 3. The summed E-state index contributed by atoms with van der Waals surface area (Å²) in [4.78, 5) is 17.2. The molecule has 0 aliphatic carbocycles. The number of benzene rings is 2. The minimum atomic E-state index is -0.704. The number of urea groups is 1. The second kappa shape index (κ2) is 8.75. The van der Waals surface area contributed by atoms with Gasteiger partial charge in [-0.25, -0.2) is 28.1 Å². The number of anilines is 1. The van der Waals surface area contributed by atoms with E-state index in [0.717, 1.165) is 17.2 Å². The Bertz CT molecular complexity index is 1480. The number of fused-ring (bicyclic) bond motifs is 1. The van der Waals surface area contributed by atoms with Gasteiger partial charge in [-0.1, -0.05) is 12.0 Å². The highest BCUT2D eigenvalue weighted by Crippen LogP contribution is 2.30. The largest absolute Gasteiger partial charge is 0.342 e. The van der Waals surface area contributed by atoms with Gasteiger partial charge in [0.25, 0.3) is 0 Å². The van der Waals surface area contributed by atoms with Crippen LogP contribution in [0.4, 0.5) is 19.3 Å². The van der Waals surface area contributed by atoms with Crippen molar-refractivity contribution in [2.45, 2.75) is 19.4 Å². The molecule has 0 radical (unpaired) electrons. The number of aryl methyl sites for hydroxylation is 1. The summed E-state index contributed by atoms with van der Waals surface area (Å²) >= 11 is 0. The molecule has 0 saturated heterocycles. The van der Waals surface area contributed by atoms with Crippen molar-refractivity contribution in [2.75, 3.05) is 5.32 Å². The smallest absolute Gasteiger partial charge is 0.306 e. The second-order valence-corrected chi connectivity index (χ2v) is 7.74. The van der Waals surface area contributed by atoms with E-state index in [2.05, 4.69) is 32.3 Å². The first-order valence-electron chi connectivity index (χ1n) is 10.5. The van der Waals surface area contributed by atoms with Gasteiger partial charge in [-0.3, -0.25) is 0 Å². The Kier molecular flexibility index (Phi) is 5.47. The number of carbonyl (C=O) groups excluding carboxylic acids is 1. The number of amides is 2. The molecule has 0 bridgehead atoms. The van der Waals surface area contributed by atoms with Gasteiger partial charge in [-0.05, 0) is 60.4 Å². The molecule has 3 heterocycles. The van der Waals surface area contributed by atoms with Crippen molar-refractivity contribution >= 4 is 23.6 Å². The lowest BCUT2D eigenvalue weighted by molar-refractivity contribution is 0.200. The summed E-state index contributed by atoms with van der Waals surface area (Å²) in [6, 6.07) is 11.1. The average molecular weight is 456 g/mol. The van der Waals surface area contributed by atoms with E-state index >= 15 is 0 Å². The van der Waals surface area contributed by atoms with Gasteiger partial charge < -0.3 is 5.32 Å². The van der Waals surface area contributed by atoms with Crippen LogP contribution in [-0.2, 0) is 0 Å². The average Bonchev–Trinajstić information content (AvgIpc) is 3.46. The van der Waals surface area contributed by atoms with Crippen LogP contribution >= 0.6 is 0 Å². The number of halogens is 2. The number of hydrazone groups is 1. The van der Waals surface area contributed by atoms with Crippen LogP contribution in [0.5, 0.6) is 0 Å². The predicted molar refractivity (Wildman–Crippen MR) is 123 cm³/mol. The van der Waals surface area contributed by atoms with Crippen molar-refractivity contribution < 1.29 is 13.6 Å². The summed E-state index contributed by atoms with van der Waals surface area (Å²) in [6.45, 7) is 1.92. The molecule has 0 saturated carbocycles. The molecule has 7 nitrogen and oxygen atoms in total. The maximum atomic E-state index is 13.7. The summed E-state index contributed by atoms with van der Waals surface area (Å²) in [5.74, 6) is 4.77. The minimum absolute atomic E-state index is 0.335. The van der Waals surface area contributed by atoms with Gasteiger partial charge in [0.15, 0.2) is 5.65 Å². The van der Waals surface area contributed by atoms with Gasteiger partial charge >= 0.3 is 6.03 Å². The first kappa shape index (κ1) is 21.3. The van der Waals surface area contributed by atoms with Gasteiger partial charge in [-0.15, -0.1) is 0 Å². The quantitative estimate of drug-likeness (QED) is 0.445. The van der Waals surface area contributed by atoms with E-state index in [1.54, 1.807) is 41.3 Å². The van der Waals surface area contributed by atoms with E-state index in [1.807, 2.05) is 19.1 Å². The van der Waals surface area contributed by atoms with Crippen LogP contribution in [-0.4, -0.2) is 31.9 Å².